The number of nitrogen functional groups attached to an aromatic ring is 1. The van der Waals surface area contributed by atoms with Crippen LogP contribution in [-0.4, -0.2) is 38.8 Å². The molecular formula is C20H27N7O. The Labute approximate surface area is 164 Å². The molecule has 0 spiro atoms. The van der Waals surface area contributed by atoms with Crippen molar-refractivity contribution in [3.8, 4) is 0 Å². The van der Waals surface area contributed by atoms with Gasteiger partial charge in [0.05, 0.1) is 18.8 Å². The van der Waals surface area contributed by atoms with E-state index in [1.165, 1.54) is 0 Å². The third-order valence-electron chi connectivity index (χ3n) is 4.91. The molecule has 0 radical (unpaired) electrons. The fourth-order valence-electron chi connectivity index (χ4n) is 3.40. The van der Waals surface area contributed by atoms with Gasteiger partial charge in [-0.3, -0.25) is 0 Å². The maximum absolute atomic E-state index is 5.89. The molecule has 1 fully saturated rings. The number of rotatable bonds is 6. The molecule has 3 heterocycles. The number of anilines is 3. The van der Waals surface area contributed by atoms with Crippen molar-refractivity contribution in [2.24, 2.45) is 0 Å². The van der Waals surface area contributed by atoms with Crippen molar-refractivity contribution in [1.29, 1.82) is 0 Å². The molecule has 1 aliphatic rings. The van der Waals surface area contributed by atoms with E-state index in [0.29, 0.717) is 31.0 Å². The Morgan fingerprint density at radius 1 is 1.32 bits per heavy atom. The molecule has 148 valence electrons. The molecule has 8 nitrogen and oxygen atoms in total. The Balaban J connectivity index is 1.64. The number of nitrogens with two attached hydrogens (primary N) is 1. The van der Waals surface area contributed by atoms with Gasteiger partial charge in [-0.2, -0.15) is 19.6 Å². The standard InChI is InChI=1S/C20H27N7O/c1-13(2)17-11-23-27-18(17)25-19(24-16-7-4-8-28-12-16)26-20(27)22-10-14-5-3-6-15(21)9-14/h3,5-6,9,11,13,16H,4,7-8,10,12,21H2,1-2H3,(H2,22,24,25,26)/t16-/m0/s1. The third kappa shape index (κ3) is 4.01. The molecule has 2 aromatic heterocycles. The lowest BCUT2D eigenvalue weighted by Crippen LogP contribution is -2.31. The molecule has 8 heteroatoms. The van der Waals surface area contributed by atoms with Gasteiger partial charge in [0.25, 0.3) is 0 Å². The molecule has 28 heavy (non-hydrogen) atoms. The van der Waals surface area contributed by atoms with E-state index in [4.69, 9.17) is 15.5 Å². The fourth-order valence-corrected chi connectivity index (χ4v) is 3.40. The quantitative estimate of drug-likeness (QED) is 0.564. The van der Waals surface area contributed by atoms with Gasteiger partial charge in [-0.1, -0.05) is 26.0 Å². The number of benzene rings is 1. The Morgan fingerprint density at radius 2 is 2.21 bits per heavy atom. The molecule has 3 aromatic rings. The summed E-state index contributed by atoms with van der Waals surface area (Å²) in [4.78, 5) is 9.43. The molecule has 0 bridgehead atoms. The van der Waals surface area contributed by atoms with Gasteiger partial charge in [0.2, 0.25) is 11.9 Å². The molecule has 4 rings (SSSR count). The van der Waals surface area contributed by atoms with Gasteiger partial charge in [0.1, 0.15) is 0 Å². The highest BCUT2D eigenvalue weighted by Crippen LogP contribution is 2.23. The zero-order valence-corrected chi connectivity index (χ0v) is 16.4. The van der Waals surface area contributed by atoms with Gasteiger partial charge in [-0.15, -0.1) is 0 Å². The van der Waals surface area contributed by atoms with Crippen LogP contribution in [0.1, 0.15) is 43.7 Å². The first-order valence-corrected chi connectivity index (χ1v) is 9.78. The van der Waals surface area contributed by atoms with Crippen molar-refractivity contribution in [2.75, 3.05) is 29.6 Å². The summed E-state index contributed by atoms with van der Waals surface area (Å²) in [6.45, 7) is 6.38. The number of nitrogens with one attached hydrogen (secondary N) is 2. The molecular weight excluding hydrogens is 354 g/mol. The van der Waals surface area contributed by atoms with Crippen LogP contribution in [0, 0.1) is 0 Å². The van der Waals surface area contributed by atoms with E-state index in [9.17, 15) is 0 Å². The molecule has 0 amide bonds. The summed E-state index contributed by atoms with van der Waals surface area (Å²) in [6, 6.07) is 8.03. The predicted octanol–water partition coefficient (Wildman–Crippen LogP) is 3.03. The first-order valence-electron chi connectivity index (χ1n) is 9.78. The van der Waals surface area contributed by atoms with Gasteiger partial charge < -0.3 is 21.1 Å². The van der Waals surface area contributed by atoms with E-state index < -0.39 is 0 Å². The number of hydrogen-bond acceptors (Lipinski definition) is 7. The van der Waals surface area contributed by atoms with E-state index >= 15 is 0 Å². The Morgan fingerprint density at radius 3 is 2.96 bits per heavy atom. The van der Waals surface area contributed by atoms with Gasteiger partial charge in [-0.05, 0) is 36.5 Å². The number of aromatic nitrogens is 4. The van der Waals surface area contributed by atoms with Crippen LogP contribution in [0.3, 0.4) is 0 Å². The smallest absolute Gasteiger partial charge is 0.229 e. The van der Waals surface area contributed by atoms with Crippen LogP contribution in [0.4, 0.5) is 17.6 Å². The zero-order valence-electron chi connectivity index (χ0n) is 16.4. The minimum absolute atomic E-state index is 0.225. The van der Waals surface area contributed by atoms with E-state index in [0.717, 1.165) is 41.9 Å². The van der Waals surface area contributed by atoms with E-state index in [1.807, 2.05) is 30.5 Å². The van der Waals surface area contributed by atoms with E-state index in [-0.39, 0.29) is 6.04 Å². The van der Waals surface area contributed by atoms with Crippen LogP contribution in [0.15, 0.2) is 30.5 Å². The molecule has 0 aliphatic carbocycles. The summed E-state index contributed by atoms with van der Waals surface area (Å²) >= 11 is 0. The largest absolute Gasteiger partial charge is 0.399 e. The number of fused-ring (bicyclic) bond motifs is 1. The summed E-state index contributed by atoms with van der Waals surface area (Å²) < 4.78 is 7.34. The molecule has 1 atom stereocenters. The highest BCUT2D eigenvalue weighted by Gasteiger charge is 2.18. The lowest BCUT2D eigenvalue weighted by molar-refractivity contribution is 0.0874. The molecule has 1 saturated heterocycles. The molecule has 0 saturated carbocycles. The summed E-state index contributed by atoms with van der Waals surface area (Å²) in [5, 5.41) is 11.3. The number of nitrogens with zero attached hydrogens (tertiary/aromatic N) is 4. The van der Waals surface area contributed by atoms with Crippen LogP contribution >= 0.6 is 0 Å². The van der Waals surface area contributed by atoms with Crippen LogP contribution in [0.2, 0.25) is 0 Å². The molecule has 4 N–H and O–H groups in total. The minimum atomic E-state index is 0.225. The van der Waals surface area contributed by atoms with Crippen LogP contribution in [-0.2, 0) is 11.3 Å². The molecule has 0 unspecified atom stereocenters. The average Bonchev–Trinajstić information content (AvgIpc) is 3.11. The predicted molar refractivity (Wildman–Crippen MR) is 111 cm³/mol. The van der Waals surface area contributed by atoms with E-state index in [2.05, 4.69) is 34.6 Å². The first-order chi connectivity index (χ1) is 13.6. The molecule has 1 aliphatic heterocycles. The maximum atomic E-state index is 5.89. The first kappa shape index (κ1) is 18.5. The monoisotopic (exact) mass is 381 g/mol. The van der Waals surface area contributed by atoms with Crippen LogP contribution in [0.25, 0.3) is 5.65 Å². The highest BCUT2D eigenvalue weighted by molar-refractivity contribution is 5.56. The van der Waals surface area contributed by atoms with Crippen molar-refractivity contribution < 1.29 is 4.74 Å². The average molecular weight is 381 g/mol. The Bertz CT molecular complexity index is 947. The van der Waals surface area contributed by atoms with Crippen molar-refractivity contribution in [1.82, 2.24) is 19.6 Å². The topological polar surface area (TPSA) is 102 Å². The van der Waals surface area contributed by atoms with Gasteiger partial charge >= 0.3 is 0 Å². The molecule has 1 aromatic carbocycles. The van der Waals surface area contributed by atoms with E-state index in [1.54, 1.807) is 4.52 Å². The van der Waals surface area contributed by atoms with Crippen LogP contribution in [0.5, 0.6) is 0 Å². The second kappa shape index (κ2) is 8.02. The van der Waals surface area contributed by atoms with Crippen molar-refractivity contribution in [3.05, 3.63) is 41.6 Å². The van der Waals surface area contributed by atoms with Crippen molar-refractivity contribution in [2.45, 2.75) is 45.2 Å². The minimum Gasteiger partial charge on any atom is -0.399 e. The van der Waals surface area contributed by atoms with Gasteiger partial charge in [-0.25, -0.2) is 0 Å². The number of ether oxygens (including phenoxy) is 1. The van der Waals surface area contributed by atoms with Crippen molar-refractivity contribution >= 4 is 23.2 Å². The fraction of sp³-hybridized carbons (Fsp3) is 0.450. The summed E-state index contributed by atoms with van der Waals surface area (Å²) in [5.74, 6) is 1.57. The lowest BCUT2D eigenvalue weighted by Gasteiger charge is -2.23. The Kier molecular flexibility index (Phi) is 5.29. The highest BCUT2D eigenvalue weighted by atomic mass is 16.5. The Hall–Kier alpha value is -2.87. The SMILES string of the molecule is CC(C)c1cnn2c(NCc3cccc(N)c3)nc(N[C@H]3CCCOC3)nc12. The third-order valence-corrected chi connectivity index (χ3v) is 4.91. The summed E-state index contributed by atoms with van der Waals surface area (Å²) in [5.41, 5.74) is 9.63. The van der Waals surface area contributed by atoms with Crippen LogP contribution < -0.4 is 16.4 Å². The second-order valence-corrected chi connectivity index (χ2v) is 7.52. The number of hydrogen-bond donors (Lipinski definition) is 3. The second-order valence-electron chi connectivity index (χ2n) is 7.52. The normalized spacial score (nSPS) is 17.2. The zero-order chi connectivity index (χ0) is 19.5. The maximum Gasteiger partial charge on any atom is 0.229 e. The van der Waals surface area contributed by atoms with Crippen molar-refractivity contribution in [3.63, 3.8) is 0 Å². The lowest BCUT2D eigenvalue weighted by atomic mass is 10.1. The van der Waals surface area contributed by atoms with Gasteiger partial charge in [0.15, 0.2) is 5.65 Å². The summed E-state index contributed by atoms with van der Waals surface area (Å²) in [6.07, 6.45) is 3.97. The summed E-state index contributed by atoms with van der Waals surface area (Å²) in [7, 11) is 0. The van der Waals surface area contributed by atoms with Gasteiger partial charge in [0, 0.05) is 24.4 Å².